The molecule has 1 heterocycles. The van der Waals surface area contributed by atoms with Crippen molar-refractivity contribution in [3.63, 3.8) is 0 Å². The second kappa shape index (κ2) is 3.98. The van der Waals surface area contributed by atoms with E-state index in [9.17, 15) is 0 Å². The van der Waals surface area contributed by atoms with Gasteiger partial charge in [0.25, 0.3) is 0 Å². The SMILES string of the molecule is CN1C2CCCCCC2C2(C)CCCCC12C. The molecule has 17 heavy (non-hydrogen) atoms. The molecule has 0 aromatic carbocycles. The van der Waals surface area contributed by atoms with E-state index in [1.54, 1.807) is 0 Å². The van der Waals surface area contributed by atoms with Crippen LogP contribution in [0, 0.1) is 11.3 Å². The Morgan fingerprint density at radius 1 is 0.882 bits per heavy atom. The van der Waals surface area contributed by atoms with E-state index in [0.717, 1.165) is 12.0 Å². The topological polar surface area (TPSA) is 3.24 Å². The average Bonchev–Trinajstić information content (AvgIpc) is 2.54. The van der Waals surface area contributed by atoms with E-state index in [1.807, 2.05) is 0 Å². The third kappa shape index (κ3) is 1.47. The first-order chi connectivity index (χ1) is 8.09. The first kappa shape index (κ1) is 12.0. The van der Waals surface area contributed by atoms with E-state index in [1.165, 1.54) is 57.8 Å². The van der Waals surface area contributed by atoms with Crippen molar-refractivity contribution in [2.75, 3.05) is 7.05 Å². The van der Waals surface area contributed by atoms with Crippen molar-refractivity contribution >= 4 is 0 Å². The highest BCUT2D eigenvalue weighted by atomic mass is 15.3. The number of fused-ring (bicyclic) bond motifs is 3. The summed E-state index contributed by atoms with van der Waals surface area (Å²) in [5.41, 5.74) is 1.10. The summed E-state index contributed by atoms with van der Waals surface area (Å²) in [5, 5.41) is 0. The van der Waals surface area contributed by atoms with Crippen LogP contribution in [-0.4, -0.2) is 23.5 Å². The minimum atomic E-state index is 0.498. The molecule has 4 atom stereocenters. The van der Waals surface area contributed by atoms with Crippen LogP contribution in [0.3, 0.4) is 0 Å². The summed E-state index contributed by atoms with van der Waals surface area (Å²) in [6, 6.07) is 0.894. The van der Waals surface area contributed by atoms with Gasteiger partial charge in [0.1, 0.15) is 0 Å². The largest absolute Gasteiger partial charge is 0.297 e. The zero-order valence-corrected chi connectivity index (χ0v) is 12.0. The van der Waals surface area contributed by atoms with Gasteiger partial charge in [-0.1, -0.05) is 39.0 Å². The van der Waals surface area contributed by atoms with Gasteiger partial charge in [0.2, 0.25) is 0 Å². The minimum absolute atomic E-state index is 0.498. The molecule has 0 bridgehead atoms. The van der Waals surface area contributed by atoms with Crippen LogP contribution in [0.2, 0.25) is 0 Å². The van der Waals surface area contributed by atoms with Gasteiger partial charge in [-0.15, -0.1) is 0 Å². The molecule has 4 unspecified atom stereocenters. The van der Waals surface area contributed by atoms with Gasteiger partial charge in [-0.3, -0.25) is 4.90 Å². The van der Waals surface area contributed by atoms with E-state index in [2.05, 4.69) is 25.8 Å². The van der Waals surface area contributed by atoms with E-state index >= 15 is 0 Å². The molecule has 2 aliphatic carbocycles. The van der Waals surface area contributed by atoms with E-state index < -0.39 is 0 Å². The van der Waals surface area contributed by atoms with Crippen molar-refractivity contribution in [2.45, 2.75) is 83.2 Å². The summed E-state index contributed by atoms with van der Waals surface area (Å²) in [5.74, 6) is 0.986. The summed E-state index contributed by atoms with van der Waals surface area (Å²) >= 11 is 0. The number of hydrogen-bond donors (Lipinski definition) is 0. The molecule has 3 fully saturated rings. The Bertz CT molecular complexity index is 300. The van der Waals surface area contributed by atoms with Gasteiger partial charge in [0.15, 0.2) is 0 Å². The molecule has 1 heteroatoms. The number of nitrogens with zero attached hydrogens (tertiary/aromatic N) is 1. The summed E-state index contributed by atoms with van der Waals surface area (Å²) in [6.07, 6.45) is 13.3. The molecule has 1 aliphatic heterocycles. The van der Waals surface area contributed by atoms with Crippen molar-refractivity contribution in [1.29, 1.82) is 0 Å². The molecule has 1 nitrogen and oxygen atoms in total. The van der Waals surface area contributed by atoms with Crippen LogP contribution in [-0.2, 0) is 0 Å². The fraction of sp³-hybridized carbons (Fsp3) is 1.00. The van der Waals surface area contributed by atoms with Gasteiger partial charge < -0.3 is 0 Å². The molecule has 2 saturated carbocycles. The maximum absolute atomic E-state index is 2.81. The van der Waals surface area contributed by atoms with E-state index in [-0.39, 0.29) is 0 Å². The van der Waals surface area contributed by atoms with Gasteiger partial charge in [0, 0.05) is 11.6 Å². The van der Waals surface area contributed by atoms with Crippen molar-refractivity contribution in [1.82, 2.24) is 4.90 Å². The summed E-state index contributed by atoms with van der Waals surface area (Å²) in [4.78, 5) is 2.81. The summed E-state index contributed by atoms with van der Waals surface area (Å²) in [6.45, 7) is 5.19. The van der Waals surface area contributed by atoms with Crippen molar-refractivity contribution in [3.8, 4) is 0 Å². The standard InChI is InChI=1S/C16H29N/c1-15-11-7-8-12-16(15,2)17(3)14-10-6-4-5-9-13(14)15/h13-14H,4-12H2,1-3H3. The Hall–Kier alpha value is -0.0400. The molecular weight excluding hydrogens is 206 g/mol. The number of hydrogen-bond acceptors (Lipinski definition) is 1. The summed E-state index contributed by atoms with van der Waals surface area (Å²) < 4.78 is 0. The Labute approximate surface area is 107 Å². The van der Waals surface area contributed by atoms with Gasteiger partial charge in [-0.05, 0) is 51.0 Å². The van der Waals surface area contributed by atoms with Gasteiger partial charge >= 0.3 is 0 Å². The predicted molar refractivity (Wildman–Crippen MR) is 73.1 cm³/mol. The molecule has 98 valence electrons. The third-order valence-corrected chi connectivity index (χ3v) is 6.91. The first-order valence-electron chi connectivity index (χ1n) is 7.82. The average molecular weight is 235 g/mol. The zero-order valence-electron chi connectivity index (χ0n) is 12.0. The molecule has 0 aromatic rings. The van der Waals surface area contributed by atoms with Crippen LogP contribution >= 0.6 is 0 Å². The Morgan fingerprint density at radius 3 is 2.41 bits per heavy atom. The minimum Gasteiger partial charge on any atom is -0.297 e. The molecule has 0 N–H and O–H groups in total. The second-order valence-corrected chi connectivity index (χ2v) is 7.32. The molecule has 3 rings (SSSR count). The Morgan fingerprint density at radius 2 is 1.59 bits per heavy atom. The van der Waals surface area contributed by atoms with Crippen LogP contribution in [0.15, 0.2) is 0 Å². The van der Waals surface area contributed by atoms with Crippen molar-refractivity contribution in [2.24, 2.45) is 11.3 Å². The smallest absolute Gasteiger partial charge is 0.0238 e. The third-order valence-electron chi connectivity index (χ3n) is 6.91. The maximum Gasteiger partial charge on any atom is 0.0238 e. The molecule has 1 saturated heterocycles. The summed E-state index contributed by atoms with van der Waals surface area (Å²) in [7, 11) is 2.43. The van der Waals surface area contributed by atoms with E-state index in [0.29, 0.717) is 11.0 Å². The molecular formula is C16H29N. The highest BCUT2D eigenvalue weighted by Gasteiger charge is 2.61. The lowest BCUT2D eigenvalue weighted by molar-refractivity contribution is 0.0139. The van der Waals surface area contributed by atoms with Crippen LogP contribution < -0.4 is 0 Å². The monoisotopic (exact) mass is 235 g/mol. The zero-order chi connectivity index (χ0) is 12.1. The van der Waals surface area contributed by atoms with Crippen molar-refractivity contribution < 1.29 is 0 Å². The molecule has 0 aromatic heterocycles. The first-order valence-corrected chi connectivity index (χ1v) is 7.82. The molecule has 3 aliphatic rings. The second-order valence-electron chi connectivity index (χ2n) is 7.32. The molecule has 0 amide bonds. The predicted octanol–water partition coefficient (Wildman–Crippen LogP) is 4.22. The highest BCUT2D eigenvalue weighted by Crippen LogP contribution is 2.61. The van der Waals surface area contributed by atoms with Gasteiger partial charge in [0.05, 0.1) is 0 Å². The van der Waals surface area contributed by atoms with E-state index in [4.69, 9.17) is 0 Å². The van der Waals surface area contributed by atoms with Crippen LogP contribution in [0.5, 0.6) is 0 Å². The number of rotatable bonds is 0. The lowest BCUT2D eigenvalue weighted by atomic mass is 9.58. The Kier molecular flexibility index (Phi) is 2.81. The normalized spacial score (nSPS) is 51.7. The number of likely N-dealkylation sites (tertiary alicyclic amines) is 1. The van der Waals surface area contributed by atoms with Gasteiger partial charge in [-0.25, -0.2) is 0 Å². The fourth-order valence-electron chi connectivity index (χ4n) is 5.54. The fourth-order valence-corrected chi connectivity index (χ4v) is 5.54. The van der Waals surface area contributed by atoms with Crippen molar-refractivity contribution in [3.05, 3.63) is 0 Å². The van der Waals surface area contributed by atoms with Crippen LogP contribution in [0.4, 0.5) is 0 Å². The lowest BCUT2D eigenvalue weighted by Gasteiger charge is -2.50. The van der Waals surface area contributed by atoms with Gasteiger partial charge in [-0.2, -0.15) is 0 Å². The maximum atomic E-state index is 2.81. The molecule has 0 spiro atoms. The molecule has 0 radical (unpaired) electrons. The van der Waals surface area contributed by atoms with Crippen LogP contribution in [0.25, 0.3) is 0 Å². The quantitative estimate of drug-likeness (QED) is 0.607. The highest BCUT2D eigenvalue weighted by molar-refractivity contribution is 5.15. The lowest BCUT2D eigenvalue weighted by Crippen LogP contribution is -2.52. The Balaban J connectivity index is 1.99. The van der Waals surface area contributed by atoms with Crippen LogP contribution in [0.1, 0.15) is 71.6 Å².